The molecule has 1 aliphatic rings. The number of aryl methyl sites for hydroxylation is 1. The van der Waals surface area contributed by atoms with Crippen LogP contribution in [0, 0.1) is 6.92 Å². The van der Waals surface area contributed by atoms with Gasteiger partial charge in [0.05, 0.1) is 18.2 Å². The van der Waals surface area contributed by atoms with E-state index >= 15 is 0 Å². The minimum atomic E-state index is -0.663. The normalized spacial score (nSPS) is 17.9. The van der Waals surface area contributed by atoms with E-state index in [2.05, 4.69) is 0 Å². The van der Waals surface area contributed by atoms with Crippen molar-refractivity contribution in [3.63, 3.8) is 0 Å². The number of rotatable bonds is 9. The maximum absolute atomic E-state index is 13.1. The summed E-state index contributed by atoms with van der Waals surface area (Å²) in [6.07, 6.45) is 1.59. The van der Waals surface area contributed by atoms with E-state index in [1.54, 1.807) is 17.0 Å². The van der Waals surface area contributed by atoms with E-state index in [0.717, 1.165) is 24.1 Å². The number of carbonyl (C=O) groups is 2. The van der Waals surface area contributed by atoms with Crippen molar-refractivity contribution in [1.29, 1.82) is 0 Å². The van der Waals surface area contributed by atoms with Crippen LogP contribution in [0.2, 0.25) is 0 Å². The molecule has 2 aromatic rings. The summed E-state index contributed by atoms with van der Waals surface area (Å²) in [4.78, 5) is 29.7. The molecule has 1 saturated heterocycles. The first-order chi connectivity index (χ1) is 15.3. The highest BCUT2D eigenvalue weighted by Gasteiger charge is 2.45. The molecule has 0 aromatic heterocycles. The molecule has 3 rings (SSSR count). The van der Waals surface area contributed by atoms with E-state index in [1.807, 2.05) is 69.2 Å². The van der Waals surface area contributed by atoms with Crippen LogP contribution < -0.4 is 4.74 Å². The van der Waals surface area contributed by atoms with Crippen molar-refractivity contribution >= 4 is 17.4 Å². The van der Waals surface area contributed by atoms with Gasteiger partial charge in [0.1, 0.15) is 11.5 Å². The van der Waals surface area contributed by atoms with Gasteiger partial charge in [0.25, 0.3) is 11.7 Å². The largest absolute Gasteiger partial charge is 0.507 e. The Balaban J connectivity index is 2.07. The fourth-order valence-electron chi connectivity index (χ4n) is 3.88. The summed E-state index contributed by atoms with van der Waals surface area (Å²) in [6.45, 7) is 5.77. The molecule has 1 fully saturated rings. The highest BCUT2D eigenvalue weighted by Crippen LogP contribution is 2.40. The van der Waals surface area contributed by atoms with Crippen LogP contribution in [0.4, 0.5) is 0 Å². The maximum atomic E-state index is 13.1. The third-order valence-corrected chi connectivity index (χ3v) is 5.52. The van der Waals surface area contributed by atoms with Gasteiger partial charge < -0.3 is 19.6 Å². The highest BCUT2D eigenvalue weighted by molar-refractivity contribution is 6.46. The van der Waals surface area contributed by atoms with Crippen molar-refractivity contribution in [1.82, 2.24) is 9.80 Å². The van der Waals surface area contributed by atoms with Gasteiger partial charge in [-0.25, -0.2) is 0 Å². The Morgan fingerprint density at radius 3 is 2.50 bits per heavy atom. The Morgan fingerprint density at radius 2 is 1.84 bits per heavy atom. The topological polar surface area (TPSA) is 70.1 Å². The summed E-state index contributed by atoms with van der Waals surface area (Å²) in [5.74, 6) is -0.706. The van der Waals surface area contributed by atoms with E-state index < -0.39 is 17.7 Å². The molecule has 6 heteroatoms. The van der Waals surface area contributed by atoms with E-state index in [9.17, 15) is 14.7 Å². The SMILES string of the molecule is CCCOc1cccc([C@H]2C(=C(O)c3ccc(C)cc3)C(=O)C(=O)N2CCCN(C)C)c1. The van der Waals surface area contributed by atoms with Crippen LogP contribution in [-0.4, -0.2) is 60.4 Å². The zero-order chi connectivity index (χ0) is 23.3. The number of carbonyl (C=O) groups excluding carboxylic acids is 2. The Hall–Kier alpha value is -3.12. The van der Waals surface area contributed by atoms with Crippen LogP contribution >= 0.6 is 0 Å². The Morgan fingerprint density at radius 1 is 1.12 bits per heavy atom. The number of hydrogen-bond acceptors (Lipinski definition) is 5. The third-order valence-electron chi connectivity index (χ3n) is 5.52. The molecule has 1 amide bonds. The number of aliphatic hydroxyl groups excluding tert-OH is 1. The first kappa shape index (κ1) is 23.5. The predicted octanol–water partition coefficient (Wildman–Crippen LogP) is 4.16. The minimum absolute atomic E-state index is 0.122. The highest BCUT2D eigenvalue weighted by atomic mass is 16.5. The van der Waals surface area contributed by atoms with Gasteiger partial charge in [-0.1, -0.05) is 48.9 Å². The van der Waals surface area contributed by atoms with E-state index in [1.165, 1.54) is 0 Å². The van der Waals surface area contributed by atoms with Gasteiger partial charge in [-0.2, -0.15) is 0 Å². The van der Waals surface area contributed by atoms with Gasteiger partial charge in [-0.3, -0.25) is 9.59 Å². The average molecular weight is 437 g/mol. The zero-order valence-corrected chi connectivity index (χ0v) is 19.3. The zero-order valence-electron chi connectivity index (χ0n) is 19.3. The molecule has 1 aliphatic heterocycles. The molecule has 0 saturated carbocycles. The maximum Gasteiger partial charge on any atom is 0.295 e. The molecule has 32 heavy (non-hydrogen) atoms. The predicted molar refractivity (Wildman–Crippen MR) is 126 cm³/mol. The number of nitrogens with zero attached hydrogens (tertiary/aromatic N) is 2. The van der Waals surface area contributed by atoms with Gasteiger partial charge in [0.2, 0.25) is 0 Å². The van der Waals surface area contributed by atoms with Crippen LogP contribution in [0.1, 0.15) is 42.5 Å². The standard InChI is InChI=1S/C26H32N2O4/c1-5-16-32-21-9-6-8-20(17-21)23-22(24(29)19-12-10-18(2)11-13-19)25(30)26(31)28(23)15-7-14-27(3)4/h6,8-13,17,23,29H,5,7,14-16H2,1-4H3/t23-/m0/s1. The van der Waals surface area contributed by atoms with Crippen molar-refractivity contribution in [3.05, 3.63) is 70.8 Å². The lowest BCUT2D eigenvalue weighted by Gasteiger charge is -2.26. The number of Topliss-reactive ketones (excluding diaryl/α,β-unsaturated/α-hetero) is 1. The number of hydrogen-bond donors (Lipinski definition) is 1. The van der Waals surface area contributed by atoms with E-state index in [4.69, 9.17) is 4.74 Å². The quantitative estimate of drug-likeness (QED) is 0.363. The number of amides is 1. The van der Waals surface area contributed by atoms with Gasteiger partial charge in [0, 0.05) is 12.1 Å². The fourth-order valence-corrected chi connectivity index (χ4v) is 3.88. The van der Waals surface area contributed by atoms with Gasteiger partial charge in [0.15, 0.2) is 0 Å². The number of ether oxygens (including phenoxy) is 1. The second-order valence-corrected chi connectivity index (χ2v) is 8.44. The van der Waals surface area contributed by atoms with Crippen LogP contribution in [-0.2, 0) is 9.59 Å². The Bertz CT molecular complexity index is 995. The van der Waals surface area contributed by atoms with Gasteiger partial charge in [-0.15, -0.1) is 0 Å². The van der Waals surface area contributed by atoms with Crippen LogP contribution in [0.25, 0.3) is 5.76 Å². The molecule has 6 nitrogen and oxygen atoms in total. The lowest BCUT2D eigenvalue weighted by molar-refractivity contribution is -0.139. The monoisotopic (exact) mass is 436 g/mol. The summed E-state index contributed by atoms with van der Waals surface area (Å²) in [5, 5.41) is 11.1. The van der Waals surface area contributed by atoms with Crippen LogP contribution in [0.3, 0.4) is 0 Å². The first-order valence-electron chi connectivity index (χ1n) is 11.1. The molecule has 2 aromatic carbocycles. The van der Waals surface area contributed by atoms with Crippen molar-refractivity contribution in [2.75, 3.05) is 33.8 Å². The molecule has 0 bridgehead atoms. The molecule has 0 unspecified atom stereocenters. The summed E-state index contributed by atoms with van der Waals surface area (Å²) in [6, 6.07) is 14.0. The molecule has 0 spiro atoms. The second kappa shape index (κ2) is 10.5. The summed E-state index contributed by atoms with van der Waals surface area (Å²) in [7, 11) is 3.94. The van der Waals surface area contributed by atoms with Crippen LogP contribution in [0.5, 0.6) is 5.75 Å². The Kier molecular flexibility index (Phi) is 7.70. The smallest absolute Gasteiger partial charge is 0.295 e. The molecule has 1 heterocycles. The third kappa shape index (κ3) is 5.19. The lowest BCUT2D eigenvalue weighted by atomic mass is 9.95. The molecule has 0 radical (unpaired) electrons. The van der Waals surface area contributed by atoms with Gasteiger partial charge in [-0.05, 0) is 58.1 Å². The molecular weight excluding hydrogens is 404 g/mol. The summed E-state index contributed by atoms with van der Waals surface area (Å²) < 4.78 is 5.78. The fraction of sp³-hybridized carbons (Fsp3) is 0.385. The number of aliphatic hydroxyl groups is 1. The summed E-state index contributed by atoms with van der Waals surface area (Å²) in [5.41, 5.74) is 2.43. The first-order valence-corrected chi connectivity index (χ1v) is 11.1. The van der Waals surface area contributed by atoms with E-state index in [0.29, 0.717) is 30.9 Å². The van der Waals surface area contributed by atoms with Crippen molar-refractivity contribution in [2.45, 2.75) is 32.7 Å². The number of benzene rings is 2. The number of ketones is 1. The average Bonchev–Trinajstić information content (AvgIpc) is 3.02. The molecular formula is C26H32N2O4. The van der Waals surface area contributed by atoms with Crippen molar-refractivity contribution < 1.29 is 19.4 Å². The number of likely N-dealkylation sites (tertiary alicyclic amines) is 1. The lowest BCUT2D eigenvalue weighted by Crippen LogP contribution is -2.32. The molecule has 1 atom stereocenters. The molecule has 1 N–H and O–H groups in total. The van der Waals surface area contributed by atoms with Crippen LogP contribution in [0.15, 0.2) is 54.1 Å². The Labute approximate surface area is 190 Å². The summed E-state index contributed by atoms with van der Waals surface area (Å²) >= 11 is 0. The van der Waals surface area contributed by atoms with Crippen molar-refractivity contribution in [3.8, 4) is 5.75 Å². The molecule has 170 valence electrons. The second-order valence-electron chi connectivity index (χ2n) is 8.44. The molecule has 0 aliphatic carbocycles. The van der Waals surface area contributed by atoms with E-state index in [-0.39, 0.29) is 11.3 Å². The minimum Gasteiger partial charge on any atom is -0.507 e. The van der Waals surface area contributed by atoms with Crippen molar-refractivity contribution in [2.24, 2.45) is 0 Å². The van der Waals surface area contributed by atoms with Gasteiger partial charge >= 0.3 is 0 Å².